The normalized spacial score (nSPS) is 15.6. The lowest BCUT2D eigenvalue weighted by Crippen LogP contribution is -1.91. The Labute approximate surface area is 266 Å². The van der Waals surface area contributed by atoms with Gasteiger partial charge in [0.1, 0.15) is 11.2 Å². The quantitative estimate of drug-likeness (QED) is 0.197. The van der Waals surface area contributed by atoms with Crippen molar-refractivity contribution >= 4 is 54.3 Å². The maximum Gasteiger partial charge on any atom is 0.136 e. The zero-order valence-corrected chi connectivity index (χ0v) is 22.5. The topological polar surface area (TPSA) is 13.1 Å². The number of hydrogen-bond acceptors (Lipinski definition) is 1. The van der Waals surface area contributed by atoms with Crippen molar-refractivity contribution in [1.29, 1.82) is 0 Å². The second-order valence-corrected chi connectivity index (χ2v) is 10.3. The Morgan fingerprint density at radius 1 is 0.442 bits per heavy atom. The van der Waals surface area contributed by atoms with Gasteiger partial charge >= 0.3 is 0 Å². The Bertz CT molecular complexity index is 3100. The Morgan fingerprint density at radius 2 is 1.12 bits per heavy atom. The third kappa shape index (κ3) is 3.72. The molecule has 1 heteroatoms. The minimum absolute atomic E-state index is 0.0729. The van der Waals surface area contributed by atoms with Crippen LogP contribution in [0.15, 0.2) is 162 Å². The van der Waals surface area contributed by atoms with Crippen molar-refractivity contribution in [2.75, 3.05) is 0 Å². The molecule has 0 unspecified atom stereocenters. The highest BCUT2D eigenvalue weighted by molar-refractivity contribution is 6.25. The largest absolute Gasteiger partial charge is 0.456 e. The van der Waals surface area contributed by atoms with Gasteiger partial charge in [0.2, 0.25) is 0 Å². The van der Waals surface area contributed by atoms with Crippen molar-refractivity contribution in [3.8, 4) is 33.4 Å². The van der Waals surface area contributed by atoms with E-state index in [1.54, 1.807) is 12.1 Å². The monoisotopic (exact) mass is 558 g/mol. The van der Waals surface area contributed by atoms with Gasteiger partial charge in [0.15, 0.2) is 0 Å². The van der Waals surface area contributed by atoms with E-state index in [1.807, 2.05) is 72.8 Å². The van der Waals surface area contributed by atoms with Crippen molar-refractivity contribution in [3.05, 3.63) is 157 Å². The number of fused-ring (bicyclic) bond motifs is 6. The highest BCUT2D eigenvalue weighted by atomic mass is 16.3. The summed E-state index contributed by atoms with van der Waals surface area (Å²) in [7, 11) is 0. The van der Waals surface area contributed by atoms with Gasteiger partial charge in [-0.1, -0.05) is 133 Å². The number of rotatable bonds is 3. The third-order valence-electron chi connectivity index (χ3n) is 7.99. The highest BCUT2D eigenvalue weighted by Crippen LogP contribution is 2.47. The number of furan rings is 1. The Hall–Kier alpha value is -5.66. The van der Waals surface area contributed by atoms with Crippen LogP contribution in [0.5, 0.6) is 0 Å². The molecule has 0 radical (unpaired) electrons. The molecule has 0 spiro atoms. The Morgan fingerprint density at radius 3 is 1.86 bits per heavy atom. The van der Waals surface area contributed by atoms with Crippen molar-refractivity contribution in [2.45, 2.75) is 0 Å². The lowest BCUT2D eigenvalue weighted by atomic mass is 9.84. The summed E-state index contributed by atoms with van der Waals surface area (Å²) in [5, 5.41) is 4.13. The molecule has 0 fully saturated rings. The second-order valence-electron chi connectivity index (χ2n) is 10.3. The van der Waals surface area contributed by atoms with Gasteiger partial charge in [0.05, 0.1) is 16.4 Å². The molecular weight excluding hydrogens is 520 g/mol. The van der Waals surface area contributed by atoms with Crippen LogP contribution in [0.2, 0.25) is 0 Å². The molecule has 0 saturated heterocycles. The first-order valence-corrected chi connectivity index (χ1v) is 13.8. The zero-order chi connectivity index (χ0) is 38.8. The van der Waals surface area contributed by atoms with Crippen molar-refractivity contribution in [3.63, 3.8) is 0 Å². The SMILES string of the molecule is [2H]c1c([2H])c([2H])c(-c2ccc3c(c2)oc2cccc(-c4c5ccccc5c(-c5c([2H])c([2H])c6c([2H])c([2H])c([2H])c([2H])c6c5[2H])c5ccccc45)c23)c([2H])c1[2H]. The molecule has 0 atom stereocenters. The fraction of sp³-hybridized carbons (Fsp3) is 0. The summed E-state index contributed by atoms with van der Waals surface area (Å²) in [6, 6.07) is 21.2. The predicted octanol–water partition coefficient (Wildman–Crippen LogP) is 12.0. The molecule has 0 N–H and O–H groups in total. The summed E-state index contributed by atoms with van der Waals surface area (Å²) in [6.07, 6.45) is 0. The van der Waals surface area contributed by atoms with Gasteiger partial charge < -0.3 is 4.42 Å². The number of hydrogen-bond donors (Lipinski definition) is 0. The first-order valence-electron chi connectivity index (χ1n) is 19.8. The molecule has 0 amide bonds. The molecule has 0 aliphatic rings. The summed E-state index contributed by atoms with van der Waals surface area (Å²) >= 11 is 0. The van der Waals surface area contributed by atoms with Gasteiger partial charge in [-0.3, -0.25) is 0 Å². The maximum absolute atomic E-state index is 9.39. The lowest BCUT2D eigenvalue weighted by Gasteiger charge is -2.18. The summed E-state index contributed by atoms with van der Waals surface area (Å²) in [5.41, 5.74) is 3.75. The van der Waals surface area contributed by atoms with Crippen molar-refractivity contribution in [1.82, 2.24) is 0 Å². The lowest BCUT2D eigenvalue weighted by molar-refractivity contribution is 0.669. The minimum Gasteiger partial charge on any atom is -0.456 e. The van der Waals surface area contributed by atoms with Crippen LogP contribution >= 0.6 is 0 Å². The van der Waals surface area contributed by atoms with Gasteiger partial charge in [-0.15, -0.1) is 0 Å². The second kappa shape index (κ2) is 9.44. The summed E-state index contributed by atoms with van der Waals surface area (Å²) in [6.45, 7) is 0. The van der Waals surface area contributed by atoms with E-state index in [-0.39, 0.29) is 52.1 Å². The average Bonchev–Trinajstić information content (AvgIpc) is 3.57. The Kier molecular flexibility index (Phi) is 3.29. The van der Waals surface area contributed by atoms with E-state index in [4.69, 9.17) is 18.1 Å². The molecule has 1 heterocycles. The van der Waals surface area contributed by atoms with E-state index in [2.05, 4.69) is 0 Å². The molecule has 9 aromatic rings. The molecular formula is C42H26O. The van der Waals surface area contributed by atoms with Crippen LogP contribution in [0, 0.1) is 0 Å². The Balaban J connectivity index is 1.36. The van der Waals surface area contributed by atoms with Crippen molar-refractivity contribution in [2.24, 2.45) is 0 Å². The highest BCUT2D eigenvalue weighted by Gasteiger charge is 2.20. The van der Waals surface area contributed by atoms with Crippen LogP contribution in [0.25, 0.3) is 87.6 Å². The summed E-state index contributed by atoms with van der Waals surface area (Å²) in [4.78, 5) is 0. The van der Waals surface area contributed by atoms with Gasteiger partial charge in [0.25, 0.3) is 0 Å². The van der Waals surface area contributed by atoms with Crippen LogP contribution in [0.3, 0.4) is 0 Å². The van der Waals surface area contributed by atoms with E-state index in [0.29, 0.717) is 33.1 Å². The molecule has 200 valence electrons. The van der Waals surface area contributed by atoms with E-state index in [1.165, 1.54) is 0 Å². The molecule has 9 rings (SSSR count). The van der Waals surface area contributed by atoms with Gasteiger partial charge in [-0.25, -0.2) is 0 Å². The summed E-state index contributed by atoms with van der Waals surface area (Å²) in [5.74, 6) is 0. The molecule has 0 bridgehead atoms. The predicted molar refractivity (Wildman–Crippen MR) is 183 cm³/mol. The van der Waals surface area contributed by atoms with E-state index >= 15 is 0 Å². The smallest absolute Gasteiger partial charge is 0.136 e. The van der Waals surface area contributed by atoms with Gasteiger partial charge in [0, 0.05) is 10.8 Å². The fourth-order valence-corrected chi connectivity index (χ4v) is 6.18. The van der Waals surface area contributed by atoms with Crippen LogP contribution in [0.1, 0.15) is 16.4 Å². The standard InChI is InChI=1S/C42H26O/c1-2-11-27(12-3-1)30-23-24-36-39(26-30)43-38-20-10-19-37(42(36)38)41-34-17-8-6-15-32(34)40(33-16-7-9-18-35(33)41)31-22-21-28-13-4-5-14-29(28)25-31/h1-26H/i1D,2D,3D,4D,5D,11D,12D,13D,14D,21D,22D,25D. The summed E-state index contributed by atoms with van der Waals surface area (Å²) < 4.78 is 109. The van der Waals surface area contributed by atoms with Gasteiger partial charge in [-0.05, 0) is 89.9 Å². The molecule has 1 nitrogen and oxygen atoms in total. The molecule has 43 heavy (non-hydrogen) atoms. The van der Waals surface area contributed by atoms with Crippen molar-refractivity contribution < 1.29 is 20.9 Å². The zero-order valence-electron chi connectivity index (χ0n) is 34.5. The molecule has 0 saturated carbocycles. The number of benzene rings is 8. The fourth-order valence-electron chi connectivity index (χ4n) is 6.18. The van der Waals surface area contributed by atoms with Crippen LogP contribution in [-0.4, -0.2) is 0 Å². The van der Waals surface area contributed by atoms with Gasteiger partial charge in [-0.2, -0.15) is 0 Å². The molecule has 0 aliphatic carbocycles. The van der Waals surface area contributed by atoms with Crippen LogP contribution in [-0.2, 0) is 0 Å². The molecule has 8 aromatic carbocycles. The first kappa shape index (κ1) is 15.0. The molecule has 0 aliphatic heterocycles. The van der Waals surface area contributed by atoms with E-state index in [9.17, 15) is 2.74 Å². The van der Waals surface area contributed by atoms with E-state index < -0.39 is 42.3 Å². The van der Waals surface area contributed by atoms with Crippen LogP contribution < -0.4 is 0 Å². The minimum atomic E-state index is -0.524. The third-order valence-corrected chi connectivity index (χ3v) is 7.99. The van der Waals surface area contributed by atoms with Crippen LogP contribution in [0.4, 0.5) is 0 Å². The molecule has 1 aromatic heterocycles. The maximum atomic E-state index is 9.39. The first-order chi connectivity index (χ1) is 26.3. The average molecular weight is 559 g/mol. The van der Waals surface area contributed by atoms with E-state index in [0.717, 1.165) is 32.7 Å².